The summed E-state index contributed by atoms with van der Waals surface area (Å²) >= 11 is -2.43. The van der Waals surface area contributed by atoms with Gasteiger partial charge in [0.15, 0.2) is 11.3 Å². The summed E-state index contributed by atoms with van der Waals surface area (Å²) < 4.78 is 25.6. The number of nitrogens with one attached hydrogen (secondary N) is 4. The molecule has 1 aliphatic rings. The molecular formula is C31H30N13O3S-. The van der Waals surface area contributed by atoms with Crippen molar-refractivity contribution >= 4 is 51.1 Å². The van der Waals surface area contributed by atoms with Gasteiger partial charge >= 0.3 is 0 Å². The van der Waals surface area contributed by atoms with E-state index in [1.807, 2.05) is 30.3 Å². The maximum Gasteiger partial charge on any atom is 0.278 e. The molecule has 0 spiro atoms. The van der Waals surface area contributed by atoms with E-state index in [0.717, 1.165) is 32.7 Å². The highest BCUT2D eigenvalue weighted by Crippen LogP contribution is 2.27. The van der Waals surface area contributed by atoms with Crippen molar-refractivity contribution in [2.24, 2.45) is 0 Å². The average Bonchev–Trinajstić information content (AvgIpc) is 3.75. The first kappa shape index (κ1) is 31.0. The smallest absolute Gasteiger partial charge is 0.278 e. The zero-order valence-electron chi connectivity index (χ0n) is 25.7. The van der Waals surface area contributed by atoms with Crippen LogP contribution in [0.3, 0.4) is 0 Å². The third kappa shape index (κ3) is 6.88. The minimum absolute atomic E-state index is 0.181. The third-order valence-corrected chi connectivity index (χ3v) is 8.32. The van der Waals surface area contributed by atoms with Gasteiger partial charge < -0.3 is 24.8 Å². The predicted molar refractivity (Wildman–Crippen MR) is 179 cm³/mol. The minimum Gasteiger partial charge on any atom is -0.755 e. The molecule has 0 saturated carbocycles. The molecule has 1 saturated heterocycles. The van der Waals surface area contributed by atoms with Crippen molar-refractivity contribution in [3.63, 3.8) is 0 Å². The van der Waals surface area contributed by atoms with Crippen LogP contribution in [0.2, 0.25) is 0 Å². The van der Waals surface area contributed by atoms with E-state index in [4.69, 9.17) is 0 Å². The molecule has 0 bridgehead atoms. The number of H-pyrrole nitrogens is 1. The molecule has 17 heteroatoms. The molecule has 1 atom stereocenters. The summed E-state index contributed by atoms with van der Waals surface area (Å²) in [6.45, 7) is 5.09. The Balaban J connectivity index is 1.03. The molecular weight excluding hydrogens is 634 g/mol. The van der Waals surface area contributed by atoms with Crippen LogP contribution in [-0.2, 0) is 17.8 Å². The number of nitrogens with zero attached hydrogens (tertiary/aromatic N) is 9. The van der Waals surface area contributed by atoms with Gasteiger partial charge in [-0.25, -0.2) is 19.9 Å². The number of benzene rings is 1. The summed E-state index contributed by atoms with van der Waals surface area (Å²) in [5.74, 6) is 0.468. The van der Waals surface area contributed by atoms with Crippen LogP contribution in [0, 0.1) is 0 Å². The third-order valence-electron chi connectivity index (χ3n) is 7.92. The Morgan fingerprint density at radius 1 is 0.938 bits per heavy atom. The number of amides is 1. The van der Waals surface area contributed by atoms with Crippen molar-refractivity contribution in [1.82, 2.24) is 49.5 Å². The topological polar surface area (TPSA) is 198 Å². The number of aromatic nitrogens is 8. The van der Waals surface area contributed by atoms with Crippen LogP contribution in [0.1, 0.15) is 16.1 Å². The van der Waals surface area contributed by atoms with E-state index in [1.54, 1.807) is 41.5 Å². The van der Waals surface area contributed by atoms with E-state index in [2.05, 4.69) is 67.3 Å². The van der Waals surface area contributed by atoms with Crippen molar-refractivity contribution in [3.05, 3.63) is 91.0 Å². The Hall–Kier alpha value is -5.62. The molecule has 16 nitrogen and oxygen atoms in total. The van der Waals surface area contributed by atoms with Gasteiger partial charge in [0.1, 0.15) is 12.1 Å². The number of fused-ring (bicyclic) bond motifs is 1. The second-order valence-electron chi connectivity index (χ2n) is 11.2. The molecule has 1 aromatic carbocycles. The number of likely N-dealkylation sites (N-methyl/N-ethyl adjacent to an activating group) is 1. The monoisotopic (exact) mass is 664 g/mol. The minimum atomic E-state index is -2.43. The van der Waals surface area contributed by atoms with Gasteiger partial charge in [-0.15, -0.1) is 0 Å². The van der Waals surface area contributed by atoms with E-state index in [1.165, 1.54) is 18.1 Å². The van der Waals surface area contributed by atoms with Crippen LogP contribution in [0.15, 0.2) is 79.8 Å². The normalized spacial score (nSPS) is 14.5. The second-order valence-corrected chi connectivity index (χ2v) is 11.9. The van der Waals surface area contributed by atoms with Gasteiger partial charge in [0, 0.05) is 80.0 Å². The Morgan fingerprint density at radius 3 is 2.44 bits per heavy atom. The van der Waals surface area contributed by atoms with Crippen LogP contribution in [-0.4, -0.2) is 97.4 Å². The summed E-state index contributed by atoms with van der Waals surface area (Å²) in [7, 11) is 2.14. The van der Waals surface area contributed by atoms with Crippen molar-refractivity contribution in [3.8, 4) is 17.2 Å². The first-order chi connectivity index (χ1) is 23.4. The lowest BCUT2D eigenvalue weighted by molar-refractivity contribution is 0.102. The number of carbonyl (C=O) groups excluding carboxylic acids is 1. The highest BCUT2D eigenvalue weighted by atomic mass is 32.2. The fraction of sp³-hybridized carbons (Fsp3) is 0.194. The van der Waals surface area contributed by atoms with Gasteiger partial charge in [0.05, 0.1) is 28.7 Å². The summed E-state index contributed by atoms with van der Waals surface area (Å²) in [6, 6.07) is 13.0. The van der Waals surface area contributed by atoms with Crippen LogP contribution < -0.4 is 15.4 Å². The average molecular weight is 665 g/mol. The number of rotatable bonds is 10. The number of hydrogen-bond acceptors (Lipinski definition) is 12. The van der Waals surface area contributed by atoms with Crippen molar-refractivity contribution in [1.29, 1.82) is 0 Å². The Morgan fingerprint density at radius 2 is 1.71 bits per heavy atom. The van der Waals surface area contributed by atoms with Gasteiger partial charge in [-0.3, -0.25) is 28.6 Å². The molecule has 7 rings (SSSR count). The molecule has 1 amide bonds. The molecule has 1 unspecified atom stereocenters. The Kier molecular flexibility index (Phi) is 8.80. The summed E-state index contributed by atoms with van der Waals surface area (Å²) in [5, 5.41) is 13.8. The van der Waals surface area contributed by atoms with Gasteiger partial charge in [0.25, 0.3) is 5.91 Å². The standard InChI is InChI=1S/C31H31N13O3S/c1-42-10-12-43(13-11-42)18-20-2-4-22(5-3-20)38-30(45)27-26(17-37-40-27)39-28-24-8-9-44(29(24)36-19-35-28)31-33-14-21(15-34-31)25-7-6-23(16-32-25)41-48(46)47/h2-9,14-17,19,41H,10-13,18H2,1H3,(H,37,40)(H,38,45)(H,46,47)(H,35,36,39)/p-1. The van der Waals surface area contributed by atoms with Crippen LogP contribution >= 0.6 is 0 Å². The number of anilines is 4. The zero-order valence-corrected chi connectivity index (χ0v) is 26.5. The van der Waals surface area contributed by atoms with Crippen LogP contribution in [0.4, 0.5) is 22.9 Å². The largest absolute Gasteiger partial charge is 0.755 e. The molecule has 4 N–H and O–H groups in total. The molecule has 5 aromatic heterocycles. The molecule has 1 aliphatic heterocycles. The lowest BCUT2D eigenvalue weighted by Crippen LogP contribution is -2.43. The fourth-order valence-electron chi connectivity index (χ4n) is 5.35. The second kappa shape index (κ2) is 13.6. The van der Waals surface area contributed by atoms with Crippen molar-refractivity contribution in [2.75, 3.05) is 48.6 Å². The zero-order chi connectivity index (χ0) is 33.0. The van der Waals surface area contributed by atoms with Crippen molar-refractivity contribution in [2.45, 2.75) is 6.54 Å². The highest BCUT2D eigenvalue weighted by molar-refractivity contribution is 7.80. The van der Waals surface area contributed by atoms with Crippen LogP contribution in [0.25, 0.3) is 28.2 Å². The molecule has 48 heavy (non-hydrogen) atoms. The van der Waals surface area contributed by atoms with Crippen LogP contribution in [0.5, 0.6) is 0 Å². The number of pyridine rings is 1. The number of hydrogen-bond donors (Lipinski definition) is 4. The van der Waals surface area contributed by atoms with E-state index >= 15 is 0 Å². The first-order valence-electron chi connectivity index (χ1n) is 15.0. The predicted octanol–water partition coefficient (Wildman–Crippen LogP) is 2.94. The quantitative estimate of drug-likeness (QED) is 0.157. The molecule has 6 aromatic rings. The van der Waals surface area contributed by atoms with Gasteiger partial charge in [-0.05, 0) is 42.9 Å². The Labute approximate surface area is 277 Å². The summed E-state index contributed by atoms with van der Waals surface area (Å²) in [6.07, 6.45) is 9.43. The summed E-state index contributed by atoms with van der Waals surface area (Å²) in [5.41, 5.74) is 4.61. The van der Waals surface area contributed by atoms with E-state index in [-0.39, 0.29) is 11.6 Å². The number of piperazine rings is 1. The lowest BCUT2D eigenvalue weighted by atomic mass is 10.1. The van der Waals surface area contributed by atoms with Gasteiger partial charge in [0.2, 0.25) is 5.95 Å². The molecule has 1 fully saturated rings. The summed E-state index contributed by atoms with van der Waals surface area (Å²) in [4.78, 5) is 40.1. The van der Waals surface area contributed by atoms with E-state index in [9.17, 15) is 13.6 Å². The highest BCUT2D eigenvalue weighted by Gasteiger charge is 2.19. The SMILES string of the molecule is CN1CCN(Cc2ccc(NC(=O)c3n[nH]cc3Nc3ncnc4c3ccn4-c3ncc(-c4ccc(NS(=O)[O-])cn4)cn3)cc2)CC1. The lowest BCUT2D eigenvalue weighted by Gasteiger charge is -2.32. The fourth-order valence-corrected chi connectivity index (χ4v) is 5.66. The van der Waals surface area contributed by atoms with E-state index in [0.29, 0.717) is 51.1 Å². The molecule has 0 aliphatic carbocycles. The van der Waals surface area contributed by atoms with Gasteiger partial charge in [-0.2, -0.15) is 5.10 Å². The number of aromatic amines is 1. The number of carbonyl (C=O) groups is 1. The molecule has 6 heterocycles. The first-order valence-corrected chi connectivity index (χ1v) is 16.1. The van der Waals surface area contributed by atoms with Gasteiger partial charge in [-0.1, -0.05) is 12.1 Å². The Bertz CT molecular complexity index is 2060. The maximum absolute atomic E-state index is 13.2. The van der Waals surface area contributed by atoms with E-state index < -0.39 is 11.3 Å². The van der Waals surface area contributed by atoms with Crippen molar-refractivity contribution < 1.29 is 13.6 Å². The molecule has 244 valence electrons. The molecule has 0 radical (unpaired) electrons. The maximum atomic E-state index is 13.2.